The number of benzene rings is 1. The lowest BCUT2D eigenvalue weighted by atomic mass is 10.1. The molecule has 0 aromatic heterocycles. The molecule has 9 nitrogen and oxygen atoms in total. The number of ether oxygens (including phenoxy) is 1. The van der Waals surface area contributed by atoms with E-state index in [0.717, 1.165) is 6.07 Å². The maximum atomic E-state index is 12.7. The van der Waals surface area contributed by atoms with Crippen LogP contribution in [0, 0.1) is 10.1 Å². The van der Waals surface area contributed by atoms with E-state index in [4.69, 9.17) is 11.6 Å². The molecule has 1 aromatic carbocycles. The molecule has 1 aromatic rings. The first kappa shape index (κ1) is 17.7. The molecule has 1 aliphatic heterocycles. The first-order chi connectivity index (χ1) is 11.3. The largest absolute Gasteiger partial charge is 0.469 e. The van der Waals surface area contributed by atoms with Gasteiger partial charge in [-0.15, -0.1) is 0 Å². The molecule has 1 fully saturated rings. The SMILES string of the molecule is COC(=O)CC1C(=O)NCCN1C(=O)c1cc([N+](=O)[O-])ccc1Cl. The fraction of sp³-hybridized carbons (Fsp3) is 0.357. The summed E-state index contributed by atoms with van der Waals surface area (Å²) in [7, 11) is 1.17. The summed E-state index contributed by atoms with van der Waals surface area (Å²) in [5.74, 6) is -1.81. The fourth-order valence-corrected chi connectivity index (χ4v) is 2.55. The number of hydrogen-bond donors (Lipinski definition) is 1. The van der Waals surface area contributed by atoms with E-state index >= 15 is 0 Å². The molecule has 0 spiro atoms. The highest BCUT2D eigenvalue weighted by Gasteiger charge is 2.36. The number of nitro groups is 1. The maximum Gasteiger partial charge on any atom is 0.308 e. The predicted octanol–water partition coefficient (Wildman–Crippen LogP) is 0.752. The first-order valence-electron chi connectivity index (χ1n) is 6.94. The Morgan fingerprint density at radius 3 is 2.83 bits per heavy atom. The van der Waals surface area contributed by atoms with Crippen LogP contribution in [0.25, 0.3) is 0 Å². The number of carbonyl (C=O) groups excluding carboxylic acids is 3. The summed E-state index contributed by atoms with van der Waals surface area (Å²) in [5.41, 5.74) is -0.399. The van der Waals surface area contributed by atoms with E-state index in [9.17, 15) is 24.5 Å². The van der Waals surface area contributed by atoms with Crippen molar-refractivity contribution in [2.75, 3.05) is 20.2 Å². The minimum atomic E-state index is -1.06. The van der Waals surface area contributed by atoms with E-state index in [1.54, 1.807) is 0 Å². The van der Waals surface area contributed by atoms with Crippen molar-refractivity contribution in [2.24, 2.45) is 0 Å². The second kappa shape index (κ2) is 7.26. The van der Waals surface area contributed by atoms with E-state index in [0.29, 0.717) is 0 Å². The van der Waals surface area contributed by atoms with Crippen molar-refractivity contribution >= 4 is 35.1 Å². The highest BCUT2D eigenvalue weighted by Crippen LogP contribution is 2.25. The molecule has 10 heteroatoms. The summed E-state index contributed by atoms with van der Waals surface area (Å²) in [6.45, 7) is 0.347. The molecule has 0 bridgehead atoms. The number of methoxy groups -OCH3 is 1. The van der Waals surface area contributed by atoms with Gasteiger partial charge in [0, 0.05) is 25.2 Å². The molecule has 0 saturated carbocycles. The van der Waals surface area contributed by atoms with Crippen LogP contribution in [0.15, 0.2) is 18.2 Å². The molecular formula is C14H14ClN3O6. The molecule has 2 amide bonds. The number of nitrogens with zero attached hydrogens (tertiary/aromatic N) is 2. The number of amides is 2. The number of piperazine rings is 1. The Bertz CT molecular complexity index is 708. The Labute approximate surface area is 141 Å². The third-order valence-electron chi connectivity index (χ3n) is 3.57. The van der Waals surface area contributed by atoms with Crippen LogP contribution >= 0.6 is 11.6 Å². The lowest BCUT2D eigenvalue weighted by Crippen LogP contribution is -2.57. The van der Waals surface area contributed by atoms with Crippen molar-refractivity contribution < 1.29 is 24.0 Å². The van der Waals surface area contributed by atoms with Gasteiger partial charge >= 0.3 is 5.97 Å². The predicted molar refractivity (Wildman–Crippen MR) is 82.6 cm³/mol. The Balaban J connectivity index is 2.35. The standard InChI is InChI=1S/C14H14ClN3O6/c1-24-12(19)7-11-13(20)16-4-5-17(11)14(21)9-6-8(18(22)23)2-3-10(9)15/h2-3,6,11H,4-5,7H2,1H3,(H,16,20). The Kier molecular flexibility index (Phi) is 5.35. The lowest BCUT2D eigenvalue weighted by Gasteiger charge is -2.34. The molecule has 1 heterocycles. The number of esters is 1. The van der Waals surface area contributed by atoms with Crippen LogP contribution in [0.2, 0.25) is 5.02 Å². The lowest BCUT2D eigenvalue weighted by molar-refractivity contribution is -0.384. The van der Waals surface area contributed by atoms with Crippen molar-refractivity contribution in [3.63, 3.8) is 0 Å². The van der Waals surface area contributed by atoms with Crippen molar-refractivity contribution in [3.05, 3.63) is 38.9 Å². The third-order valence-corrected chi connectivity index (χ3v) is 3.90. The van der Waals surface area contributed by atoms with Crippen LogP contribution < -0.4 is 5.32 Å². The van der Waals surface area contributed by atoms with Gasteiger partial charge in [-0.25, -0.2) is 0 Å². The van der Waals surface area contributed by atoms with Gasteiger partial charge in [-0.2, -0.15) is 0 Å². The molecule has 1 unspecified atom stereocenters. The number of halogens is 1. The highest BCUT2D eigenvalue weighted by molar-refractivity contribution is 6.34. The zero-order valence-corrected chi connectivity index (χ0v) is 13.4. The van der Waals surface area contributed by atoms with Crippen LogP contribution in [0.4, 0.5) is 5.69 Å². The van der Waals surface area contributed by atoms with E-state index in [-0.39, 0.29) is 35.8 Å². The van der Waals surface area contributed by atoms with Crippen LogP contribution in [0.5, 0.6) is 0 Å². The Morgan fingerprint density at radius 2 is 2.21 bits per heavy atom. The molecule has 0 radical (unpaired) electrons. The van der Waals surface area contributed by atoms with E-state index in [1.807, 2.05) is 0 Å². The molecule has 1 atom stereocenters. The van der Waals surface area contributed by atoms with Gasteiger partial charge in [0.05, 0.1) is 29.0 Å². The third kappa shape index (κ3) is 3.62. The minimum absolute atomic E-state index is 0.0217. The highest BCUT2D eigenvalue weighted by atomic mass is 35.5. The molecule has 1 N–H and O–H groups in total. The topological polar surface area (TPSA) is 119 Å². The molecule has 24 heavy (non-hydrogen) atoms. The zero-order valence-electron chi connectivity index (χ0n) is 12.7. The number of nitrogens with one attached hydrogen (secondary N) is 1. The smallest absolute Gasteiger partial charge is 0.308 e. The summed E-state index contributed by atoms with van der Waals surface area (Å²) in [5, 5.41) is 13.5. The van der Waals surface area contributed by atoms with Gasteiger partial charge in [0.2, 0.25) is 5.91 Å². The van der Waals surface area contributed by atoms with Crippen LogP contribution in [0.1, 0.15) is 16.8 Å². The fourth-order valence-electron chi connectivity index (χ4n) is 2.35. The van der Waals surface area contributed by atoms with Crippen molar-refractivity contribution in [3.8, 4) is 0 Å². The summed E-state index contributed by atoms with van der Waals surface area (Å²) in [4.78, 5) is 47.6. The van der Waals surface area contributed by atoms with E-state index in [2.05, 4.69) is 10.1 Å². The van der Waals surface area contributed by atoms with Crippen molar-refractivity contribution in [1.82, 2.24) is 10.2 Å². The molecule has 2 rings (SSSR count). The normalized spacial score (nSPS) is 17.2. The zero-order chi connectivity index (χ0) is 17.9. The van der Waals surface area contributed by atoms with Crippen molar-refractivity contribution in [1.29, 1.82) is 0 Å². The van der Waals surface area contributed by atoms with Gasteiger partial charge < -0.3 is 15.0 Å². The summed E-state index contributed by atoms with van der Waals surface area (Å²) in [6.07, 6.45) is -0.319. The number of nitro benzene ring substituents is 1. The number of carbonyl (C=O) groups is 3. The minimum Gasteiger partial charge on any atom is -0.469 e. The Hall–Kier alpha value is -2.68. The average molecular weight is 356 g/mol. The molecular weight excluding hydrogens is 342 g/mol. The molecule has 128 valence electrons. The number of hydrogen-bond acceptors (Lipinski definition) is 6. The van der Waals surface area contributed by atoms with Gasteiger partial charge in [0.25, 0.3) is 11.6 Å². The summed E-state index contributed by atoms with van der Waals surface area (Å²) in [6, 6.07) is 2.40. The quantitative estimate of drug-likeness (QED) is 0.483. The van der Waals surface area contributed by atoms with Crippen molar-refractivity contribution in [2.45, 2.75) is 12.5 Å². The first-order valence-corrected chi connectivity index (χ1v) is 7.32. The summed E-state index contributed by atoms with van der Waals surface area (Å²) >= 11 is 5.97. The second-order valence-corrected chi connectivity index (χ2v) is 5.41. The van der Waals surface area contributed by atoms with Gasteiger partial charge in [-0.1, -0.05) is 11.6 Å². The second-order valence-electron chi connectivity index (χ2n) is 5.01. The Morgan fingerprint density at radius 1 is 1.50 bits per heavy atom. The van der Waals surface area contributed by atoms with Gasteiger partial charge in [0.1, 0.15) is 6.04 Å². The maximum absolute atomic E-state index is 12.7. The van der Waals surface area contributed by atoms with Gasteiger partial charge in [0.15, 0.2) is 0 Å². The monoisotopic (exact) mass is 355 g/mol. The summed E-state index contributed by atoms with van der Waals surface area (Å²) < 4.78 is 4.54. The number of non-ortho nitro benzene ring substituents is 1. The van der Waals surface area contributed by atoms with Crippen LogP contribution in [-0.4, -0.2) is 53.8 Å². The molecule has 1 saturated heterocycles. The van der Waals surface area contributed by atoms with Gasteiger partial charge in [-0.3, -0.25) is 24.5 Å². The average Bonchev–Trinajstić information content (AvgIpc) is 2.56. The van der Waals surface area contributed by atoms with Crippen LogP contribution in [0.3, 0.4) is 0 Å². The van der Waals surface area contributed by atoms with Gasteiger partial charge in [-0.05, 0) is 6.07 Å². The van der Waals surface area contributed by atoms with E-state index < -0.39 is 28.7 Å². The molecule has 1 aliphatic rings. The van der Waals surface area contributed by atoms with Crippen LogP contribution in [-0.2, 0) is 14.3 Å². The van der Waals surface area contributed by atoms with E-state index in [1.165, 1.54) is 24.1 Å². The molecule has 0 aliphatic carbocycles. The number of rotatable bonds is 4.